The van der Waals surface area contributed by atoms with Crippen LogP contribution in [0, 0.1) is 5.82 Å². The van der Waals surface area contributed by atoms with Gasteiger partial charge in [0, 0.05) is 28.9 Å². The van der Waals surface area contributed by atoms with E-state index in [1.54, 1.807) is 24.4 Å². The van der Waals surface area contributed by atoms with Gasteiger partial charge >= 0.3 is 0 Å². The first-order valence-electron chi connectivity index (χ1n) is 6.22. The third-order valence-corrected chi connectivity index (χ3v) is 3.03. The Bertz CT molecular complexity index is 821. The van der Waals surface area contributed by atoms with Gasteiger partial charge in [-0.3, -0.25) is 9.78 Å². The number of aromatic nitrogens is 2. The highest BCUT2D eigenvalue weighted by atomic mass is 19.1. The summed E-state index contributed by atoms with van der Waals surface area (Å²) in [6, 6.07) is 9.28. The molecule has 0 radical (unpaired) electrons. The number of hydrogen-bond donors (Lipinski definition) is 2. The number of hydrogen-bond acceptors (Lipinski definition) is 4. The largest absolute Gasteiger partial charge is 0.398 e. The minimum Gasteiger partial charge on any atom is -0.398 e. The summed E-state index contributed by atoms with van der Waals surface area (Å²) < 4.78 is 13.8. The second kappa shape index (κ2) is 5.16. The molecule has 0 unspecified atom stereocenters. The molecular formula is C15H11FN4O. The summed E-state index contributed by atoms with van der Waals surface area (Å²) in [6.45, 7) is 0. The van der Waals surface area contributed by atoms with Crippen molar-refractivity contribution >= 4 is 28.2 Å². The number of carbonyl (C=O) groups is 1. The highest BCUT2D eigenvalue weighted by molar-refractivity contribution is 6.14. The van der Waals surface area contributed by atoms with Crippen molar-refractivity contribution in [3.8, 4) is 0 Å². The van der Waals surface area contributed by atoms with Crippen molar-refractivity contribution in [1.82, 2.24) is 9.97 Å². The maximum atomic E-state index is 13.8. The zero-order valence-electron chi connectivity index (χ0n) is 10.9. The number of fused-ring (bicyclic) bond motifs is 1. The van der Waals surface area contributed by atoms with E-state index in [0.29, 0.717) is 16.9 Å². The number of benzene rings is 1. The molecular weight excluding hydrogens is 271 g/mol. The first-order valence-corrected chi connectivity index (χ1v) is 6.22. The van der Waals surface area contributed by atoms with Crippen molar-refractivity contribution in [2.45, 2.75) is 0 Å². The molecule has 3 rings (SSSR count). The van der Waals surface area contributed by atoms with Crippen LogP contribution in [0.1, 0.15) is 10.5 Å². The maximum Gasteiger partial charge on any atom is 0.276 e. The quantitative estimate of drug-likeness (QED) is 0.708. The standard InChI is InChI=1S/C15H11FN4O/c16-10-4-5-11(17)13-9(10)6-8-19-14(13)15(21)20-12-3-1-2-7-18-12/h1-8H,17H2,(H,18,20,21). The molecule has 3 N–H and O–H groups in total. The lowest BCUT2D eigenvalue weighted by Gasteiger charge is -2.09. The summed E-state index contributed by atoms with van der Waals surface area (Å²) in [5.74, 6) is -0.554. The molecule has 0 aliphatic rings. The normalized spacial score (nSPS) is 10.5. The lowest BCUT2D eigenvalue weighted by molar-refractivity contribution is 0.102. The van der Waals surface area contributed by atoms with Gasteiger partial charge in [0.1, 0.15) is 17.3 Å². The lowest BCUT2D eigenvalue weighted by Crippen LogP contribution is -2.15. The number of nitrogens with two attached hydrogens (primary N) is 1. The van der Waals surface area contributed by atoms with Crippen molar-refractivity contribution in [3.05, 3.63) is 60.3 Å². The van der Waals surface area contributed by atoms with E-state index in [0.717, 1.165) is 0 Å². The highest BCUT2D eigenvalue weighted by Gasteiger charge is 2.16. The molecule has 0 saturated heterocycles. The van der Waals surface area contributed by atoms with E-state index in [1.165, 1.54) is 24.4 Å². The molecule has 104 valence electrons. The fourth-order valence-corrected chi connectivity index (χ4v) is 2.07. The second-order valence-electron chi connectivity index (χ2n) is 4.39. The third kappa shape index (κ3) is 2.38. The topological polar surface area (TPSA) is 80.9 Å². The number of nitrogen functional groups attached to an aromatic ring is 1. The Balaban J connectivity index is 2.08. The summed E-state index contributed by atoms with van der Waals surface area (Å²) in [5, 5.41) is 3.16. The Kier molecular flexibility index (Phi) is 3.19. The zero-order valence-corrected chi connectivity index (χ0v) is 10.9. The molecule has 1 aromatic carbocycles. The van der Waals surface area contributed by atoms with Crippen molar-refractivity contribution in [1.29, 1.82) is 0 Å². The molecule has 5 nitrogen and oxygen atoms in total. The van der Waals surface area contributed by atoms with Gasteiger partial charge in [-0.25, -0.2) is 9.37 Å². The van der Waals surface area contributed by atoms with Gasteiger partial charge < -0.3 is 11.1 Å². The summed E-state index contributed by atoms with van der Waals surface area (Å²) in [7, 11) is 0. The predicted octanol–water partition coefficient (Wildman–Crippen LogP) is 2.60. The van der Waals surface area contributed by atoms with Gasteiger partial charge in [-0.1, -0.05) is 6.07 Å². The molecule has 2 aromatic heterocycles. The SMILES string of the molecule is Nc1ccc(F)c2ccnc(C(=O)Nc3ccccn3)c12. The first-order chi connectivity index (χ1) is 10.2. The molecule has 0 bridgehead atoms. The minimum absolute atomic E-state index is 0.0650. The molecule has 0 fully saturated rings. The smallest absolute Gasteiger partial charge is 0.276 e. The maximum absolute atomic E-state index is 13.8. The molecule has 0 spiro atoms. The van der Waals surface area contributed by atoms with Crippen LogP contribution in [-0.2, 0) is 0 Å². The van der Waals surface area contributed by atoms with Crippen molar-refractivity contribution in [3.63, 3.8) is 0 Å². The lowest BCUT2D eigenvalue weighted by atomic mass is 10.1. The molecule has 21 heavy (non-hydrogen) atoms. The molecule has 2 heterocycles. The van der Waals surface area contributed by atoms with Crippen LogP contribution in [0.4, 0.5) is 15.9 Å². The van der Waals surface area contributed by atoms with Crippen molar-refractivity contribution < 1.29 is 9.18 Å². The Morgan fingerprint density at radius 2 is 1.95 bits per heavy atom. The zero-order chi connectivity index (χ0) is 14.8. The van der Waals surface area contributed by atoms with Crippen LogP contribution in [0.15, 0.2) is 48.8 Å². The van der Waals surface area contributed by atoms with Crippen molar-refractivity contribution in [2.24, 2.45) is 0 Å². The van der Waals surface area contributed by atoms with E-state index in [-0.39, 0.29) is 11.1 Å². The number of carbonyl (C=O) groups excluding carboxylic acids is 1. The number of amides is 1. The van der Waals surface area contributed by atoms with E-state index < -0.39 is 11.7 Å². The van der Waals surface area contributed by atoms with Crippen LogP contribution in [0.5, 0.6) is 0 Å². The monoisotopic (exact) mass is 282 g/mol. The summed E-state index contributed by atoms with van der Waals surface area (Å²) in [6.07, 6.45) is 2.93. The minimum atomic E-state index is -0.489. The molecule has 6 heteroatoms. The Labute approximate surface area is 119 Å². The number of rotatable bonds is 2. The average Bonchev–Trinajstić information content (AvgIpc) is 2.51. The molecule has 0 aliphatic heterocycles. The van der Waals surface area contributed by atoms with E-state index in [9.17, 15) is 9.18 Å². The number of halogens is 1. The fraction of sp³-hybridized carbons (Fsp3) is 0. The number of anilines is 2. The van der Waals surface area contributed by atoms with Crippen LogP contribution < -0.4 is 11.1 Å². The number of nitrogens with one attached hydrogen (secondary N) is 1. The van der Waals surface area contributed by atoms with Gasteiger partial charge in [0.15, 0.2) is 0 Å². The molecule has 3 aromatic rings. The van der Waals surface area contributed by atoms with Crippen molar-refractivity contribution in [2.75, 3.05) is 11.1 Å². The van der Waals surface area contributed by atoms with Crippen LogP contribution in [0.2, 0.25) is 0 Å². The average molecular weight is 282 g/mol. The summed E-state index contributed by atoms with van der Waals surface area (Å²) in [4.78, 5) is 20.3. The molecule has 1 amide bonds. The van der Waals surface area contributed by atoms with Crippen LogP contribution >= 0.6 is 0 Å². The van der Waals surface area contributed by atoms with E-state index >= 15 is 0 Å². The summed E-state index contributed by atoms with van der Waals surface area (Å²) >= 11 is 0. The number of pyridine rings is 2. The van der Waals surface area contributed by atoms with E-state index in [2.05, 4.69) is 15.3 Å². The van der Waals surface area contributed by atoms with Gasteiger partial charge in [0.2, 0.25) is 0 Å². The highest BCUT2D eigenvalue weighted by Crippen LogP contribution is 2.26. The van der Waals surface area contributed by atoms with Crippen LogP contribution in [0.3, 0.4) is 0 Å². The van der Waals surface area contributed by atoms with Crippen LogP contribution in [0.25, 0.3) is 10.8 Å². The molecule has 0 saturated carbocycles. The summed E-state index contributed by atoms with van der Waals surface area (Å²) in [5.41, 5.74) is 6.22. The third-order valence-electron chi connectivity index (χ3n) is 3.03. The van der Waals surface area contributed by atoms with Gasteiger partial charge in [0.05, 0.1) is 0 Å². The number of nitrogens with zero attached hydrogens (tertiary/aromatic N) is 2. The predicted molar refractivity (Wildman–Crippen MR) is 78.3 cm³/mol. The van der Waals surface area contributed by atoms with Gasteiger partial charge in [-0.2, -0.15) is 0 Å². The van der Waals surface area contributed by atoms with Gasteiger partial charge in [0.25, 0.3) is 5.91 Å². The van der Waals surface area contributed by atoms with E-state index in [4.69, 9.17) is 5.73 Å². The Morgan fingerprint density at radius 1 is 1.10 bits per heavy atom. The van der Waals surface area contributed by atoms with Gasteiger partial charge in [-0.15, -0.1) is 0 Å². The first kappa shape index (κ1) is 13.0. The van der Waals surface area contributed by atoms with E-state index in [1.807, 2.05) is 0 Å². The molecule has 0 aliphatic carbocycles. The molecule has 0 atom stereocenters. The Morgan fingerprint density at radius 3 is 2.71 bits per heavy atom. The van der Waals surface area contributed by atoms with Gasteiger partial charge in [-0.05, 0) is 30.3 Å². The van der Waals surface area contributed by atoms with Crippen LogP contribution in [-0.4, -0.2) is 15.9 Å². The Hall–Kier alpha value is -3.02. The second-order valence-corrected chi connectivity index (χ2v) is 4.39. The fourth-order valence-electron chi connectivity index (χ4n) is 2.07.